The number of aromatic nitrogens is 3. The van der Waals surface area contributed by atoms with Crippen molar-refractivity contribution in [2.24, 2.45) is 5.73 Å². The van der Waals surface area contributed by atoms with Gasteiger partial charge in [-0.2, -0.15) is 0 Å². The van der Waals surface area contributed by atoms with E-state index >= 15 is 0 Å². The molecule has 0 aliphatic heterocycles. The minimum absolute atomic E-state index is 0.0882. The van der Waals surface area contributed by atoms with Crippen LogP contribution in [0.1, 0.15) is 19.3 Å². The van der Waals surface area contributed by atoms with Crippen LogP contribution in [0, 0.1) is 0 Å². The summed E-state index contributed by atoms with van der Waals surface area (Å²) >= 11 is 0. The van der Waals surface area contributed by atoms with E-state index in [0.29, 0.717) is 6.54 Å². The van der Waals surface area contributed by atoms with Gasteiger partial charge in [0.25, 0.3) is 0 Å². The van der Waals surface area contributed by atoms with Gasteiger partial charge >= 0.3 is 0 Å². The van der Waals surface area contributed by atoms with Crippen LogP contribution in [0.2, 0.25) is 19.6 Å². The molecule has 1 saturated carbocycles. The standard InChI is InChI=1S/C10H20N4Si/c1-15(2,3)9-7-14(13-12-9)10(8-11)5-4-6-10/h7H,4-6,8,11H2,1-3H3. The molecule has 4 nitrogen and oxygen atoms in total. The third-order valence-corrected chi connectivity index (χ3v) is 5.18. The van der Waals surface area contributed by atoms with Crippen LogP contribution in [0.15, 0.2) is 6.20 Å². The van der Waals surface area contributed by atoms with Crippen molar-refractivity contribution in [1.82, 2.24) is 15.0 Å². The van der Waals surface area contributed by atoms with Gasteiger partial charge in [0, 0.05) is 12.7 Å². The summed E-state index contributed by atoms with van der Waals surface area (Å²) in [4.78, 5) is 0. The molecule has 84 valence electrons. The van der Waals surface area contributed by atoms with Crippen molar-refractivity contribution >= 4 is 13.4 Å². The Kier molecular flexibility index (Phi) is 2.46. The monoisotopic (exact) mass is 224 g/mol. The Balaban J connectivity index is 2.27. The molecule has 1 aliphatic carbocycles. The van der Waals surface area contributed by atoms with Crippen molar-refractivity contribution in [2.45, 2.75) is 44.4 Å². The molecule has 1 heterocycles. The SMILES string of the molecule is C[Si](C)(C)c1cn(C2(CN)CCC2)nn1. The summed E-state index contributed by atoms with van der Waals surface area (Å²) < 4.78 is 2.02. The molecule has 1 fully saturated rings. The summed E-state index contributed by atoms with van der Waals surface area (Å²) in [5.41, 5.74) is 5.93. The topological polar surface area (TPSA) is 56.7 Å². The Labute approximate surface area is 91.9 Å². The zero-order chi connectivity index (χ0) is 11.1. The van der Waals surface area contributed by atoms with Gasteiger partial charge in [0.05, 0.1) is 10.9 Å². The Morgan fingerprint density at radius 1 is 1.47 bits per heavy atom. The van der Waals surface area contributed by atoms with Gasteiger partial charge in [-0.25, -0.2) is 4.68 Å². The second-order valence-corrected chi connectivity index (χ2v) is 10.6. The van der Waals surface area contributed by atoms with Gasteiger partial charge in [0.1, 0.15) is 8.07 Å². The van der Waals surface area contributed by atoms with Crippen LogP contribution in [0.4, 0.5) is 0 Å². The van der Waals surface area contributed by atoms with Gasteiger partial charge in [-0.05, 0) is 19.3 Å². The largest absolute Gasteiger partial charge is 0.328 e. The van der Waals surface area contributed by atoms with Gasteiger partial charge in [-0.15, -0.1) is 5.10 Å². The lowest BCUT2D eigenvalue weighted by Crippen LogP contribution is -2.47. The first-order valence-electron chi connectivity index (χ1n) is 5.61. The molecule has 0 amide bonds. The molecular weight excluding hydrogens is 204 g/mol. The summed E-state index contributed by atoms with van der Waals surface area (Å²) in [5, 5.41) is 9.75. The third kappa shape index (κ3) is 1.74. The number of nitrogens with zero attached hydrogens (tertiary/aromatic N) is 3. The van der Waals surface area contributed by atoms with E-state index in [1.807, 2.05) is 4.68 Å². The Morgan fingerprint density at radius 2 is 2.13 bits per heavy atom. The predicted molar refractivity (Wildman–Crippen MR) is 63.9 cm³/mol. The van der Waals surface area contributed by atoms with Crippen molar-refractivity contribution < 1.29 is 0 Å². The van der Waals surface area contributed by atoms with E-state index in [9.17, 15) is 0 Å². The summed E-state index contributed by atoms with van der Waals surface area (Å²) in [7, 11) is -1.33. The fourth-order valence-corrected chi connectivity index (χ4v) is 2.81. The van der Waals surface area contributed by atoms with Crippen LogP contribution in [-0.2, 0) is 5.54 Å². The van der Waals surface area contributed by atoms with Gasteiger partial charge in [0.15, 0.2) is 0 Å². The lowest BCUT2D eigenvalue weighted by Gasteiger charge is -2.40. The summed E-state index contributed by atoms with van der Waals surface area (Å²) in [6.45, 7) is 7.55. The molecule has 15 heavy (non-hydrogen) atoms. The van der Waals surface area contributed by atoms with Crippen molar-refractivity contribution in [3.63, 3.8) is 0 Å². The van der Waals surface area contributed by atoms with Crippen molar-refractivity contribution in [3.05, 3.63) is 6.20 Å². The lowest BCUT2D eigenvalue weighted by atomic mass is 9.77. The Morgan fingerprint density at radius 3 is 2.47 bits per heavy atom. The molecule has 1 aromatic rings. The van der Waals surface area contributed by atoms with Crippen LogP contribution in [0.5, 0.6) is 0 Å². The maximum absolute atomic E-state index is 5.84. The maximum Gasteiger partial charge on any atom is 0.106 e. The van der Waals surface area contributed by atoms with E-state index in [0.717, 1.165) is 12.8 Å². The first-order chi connectivity index (χ1) is 6.98. The average molecular weight is 224 g/mol. The minimum Gasteiger partial charge on any atom is -0.328 e. The van der Waals surface area contributed by atoms with Crippen molar-refractivity contribution in [3.8, 4) is 0 Å². The normalized spacial score (nSPS) is 20.0. The molecule has 0 unspecified atom stereocenters. The highest BCUT2D eigenvalue weighted by Gasteiger charge is 2.39. The van der Waals surface area contributed by atoms with Crippen LogP contribution in [0.25, 0.3) is 0 Å². The van der Waals surface area contributed by atoms with Crippen LogP contribution in [-0.4, -0.2) is 29.6 Å². The molecular formula is C10H20N4Si. The smallest absolute Gasteiger partial charge is 0.106 e. The molecule has 2 rings (SSSR count). The predicted octanol–water partition coefficient (Wildman–Crippen LogP) is 0.661. The van der Waals surface area contributed by atoms with E-state index < -0.39 is 8.07 Å². The number of hydrogen-bond donors (Lipinski definition) is 1. The van der Waals surface area contributed by atoms with E-state index in [1.54, 1.807) is 0 Å². The first kappa shape index (κ1) is 10.8. The van der Waals surface area contributed by atoms with Gasteiger partial charge in [-0.1, -0.05) is 24.9 Å². The second kappa shape index (κ2) is 3.42. The molecule has 0 spiro atoms. The first-order valence-corrected chi connectivity index (χ1v) is 9.11. The fourth-order valence-electron chi connectivity index (χ4n) is 1.95. The highest BCUT2D eigenvalue weighted by molar-refractivity contribution is 6.88. The van der Waals surface area contributed by atoms with Crippen LogP contribution in [0.3, 0.4) is 0 Å². The minimum atomic E-state index is -1.33. The zero-order valence-electron chi connectivity index (χ0n) is 9.82. The third-order valence-electron chi connectivity index (χ3n) is 3.41. The molecule has 1 aromatic heterocycles. The number of nitrogens with two attached hydrogens (primary N) is 1. The molecule has 0 radical (unpaired) electrons. The highest BCUT2D eigenvalue weighted by Crippen LogP contribution is 2.37. The Bertz CT molecular complexity index is 343. The molecule has 0 atom stereocenters. The maximum atomic E-state index is 5.84. The van der Waals surface area contributed by atoms with E-state index in [-0.39, 0.29) is 5.54 Å². The average Bonchev–Trinajstić information content (AvgIpc) is 2.51. The summed E-state index contributed by atoms with van der Waals surface area (Å²) in [6.07, 6.45) is 5.69. The summed E-state index contributed by atoms with van der Waals surface area (Å²) in [6, 6.07) is 0. The van der Waals surface area contributed by atoms with E-state index in [1.165, 1.54) is 11.7 Å². The number of rotatable bonds is 3. The van der Waals surface area contributed by atoms with E-state index in [4.69, 9.17) is 5.73 Å². The van der Waals surface area contributed by atoms with Gasteiger partial charge < -0.3 is 5.73 Å². The Hall–Kier alpha value is -0.683. The fraction of sp³-hybridized carbons (Fsp3) is 0.800. The summed E-state index contributed by atoms with van der Waals surface area (Å²) in [5.74, 6) is 0. The molecule has 0 bridgehead atoms. The molecule has 2 N–H and O–H groups in total. The van der Waals surface area contributed by atoms with Gasteiger partial charge in [0.2, 0.25) is 0 Å². The van der Waals surface area contributed by atoms with Crippen molar-refractivity contribution in [2.75, 3.05) is 6.54 Å². The second-order valence-electron chi connectivity index (χ2n) is 5.58. The lowest BCUT2D eigenvalue weighted by molar-refractivity contribution is 0.132. The molecule has 0 saturated heterocycles. The van der Waals surface area contributed by atoms with Crippen LogP contribution >= 0.6 is 0 Å². The molecule has 0 aromatic carbocycles. The highest BCUT2D eigenvalue weighted by atomic mass is 28.3. The van der Waals surface area contributed by atoms with Crippen molar-refractivity contribution in [1.29, 1.82) is 0 Å². The van der Waals surface area contributed by atoms with Gasteiger partial charge in [-0.3, -0.25) is 0 Å². The molecule has 5 heteroatoms. The van der Waals surface area contributed by atoms with Crippen LogP contribution < -0.4 is 11.1 Å². The quantitative estimate of drug-likeness (QED) is 0.767. The number of hydrogen-bond acceptors (Lipinski definition) is 3. The zero-order valence-corrected chi connectivity index (χ0v) is 10.8. The molecule has 1 aliphatic rings. The van der Waals surface area contributed by atoms with E-state index in [2.05, 4.69) is 36.1 Å².